The lowest BCUT2D eigenvalue weighted by Crippen LogP contribution is -2.27. The smallest absolute Gasteiger partial charge is 0.397 e. The highest BCUT2D eigenvalue weighted by molar-refractivity contribution is 7.80. The second-order valence-electron chi connectivity index (χ2n) is 3.42. The molecule has 1 rings (SSSR count). The highest BCUT2D eigenvalue weighted by Gasteiger charge is 2.17. The number of rotatable bonds is 3. The van der Waals surface area contributed by atoms with Crippen LogP contribution in [0, 0.1) is 0 Å². The summed E-state index contributed by atoms with van der Waals surface area (Å²) in [4.78, 5) is 2.26. The average molecular weight is 253 g/mol. The molecule has 0 fully saturated rings. The summed E-state index contributed by atoms with van der Waals surface area (Å²) < 4.78 is 34.9. The molecule has 0 aromatic carbocycles. The summed E-state index contributed by atoms with van der Waals surface area (Å²) in [5, 5.41) is 0. The van der Waals surface area contributed by atoms with Gasteiger partial charge in [0, 0.05) is 12.6 Å². The molecule has 1 aliphatic rings. The second-order valence-corrected chi connectivity index (χ2v) is 4.61. The molecule has 7 heteroatoms. The lowest BCUT2D eigenvalue weighted by atomic mass is 10.3. The van der Waals surface area contributed by atoms with E-state index in [-0.39, 0.29) is 0 Å². The molecule has 0 aliphatic carbocycles. The van der Waals surface area contributed by atoms with Gasteiger partial charge in [-0.2, -0.15) is 8.42 Å². The molecule has 1 aliphatic heterocycles. The Kier molecular flexibility index (Phi) is 6.39. The molecule has 0 spiro atoms. The number of nitrogens with zero attached hydrogens (tertiary/aromatic N) is 1. The Labute approximate surface area is 96.8 Å². The van der Waals surface area contributed by atoms with E-state index in [0.717, 1.165) is 26.0 Å². The predicted octanol–water partition coefficient (Wildman–Crippen LogP) is 1.02. The average Bonchev–Trinajstić information content (AvgIpc) is 2.65. The number of methoxy groups -OCH3 is 1. The Morgan fingerprint density at radius 1 is 1.44 bits per heavy atom. The van der Waals surface area contributed by atoms with Crippen LogP contribution in [0.2, 0.25) is 0 Å². The van der Waals surface area contributed by atoms with E-state index in [2.05, 4.69) is 29.0 Å². The minimum Gasteiger partial charge on any atom is -0.483 e. The first-order valence-corrected chi connectivity index (χ1v) is 6.22. The van der Waals surface area contributed by atoms with Crippen molar-refractivity contribution in [2.45, 2.75) is 26.3 Å². The van der Waals surface area contributed by atoms with Gasteiger partial charge in [0.15, 0.2) is 5.88 Å². The minimum absolute atomic E-state index is 0.564. The highest BCUT2D eigenvalue weighted by atomic mass is 32.3. The van der Waals surface area contributed by atoms with Crippen LogP contribution >= 0.6 is 0 Å². The van der Waals surface area contributed by atoms with Gasteiger partial charge >= 0.3 is 10.4 Å². The fourth-order valence-corrected chi connectivity index (χ4v) is 1.27. The zero-order chi connectivity index (χ0) is 12.8. The second kappa shape index (κ2) is 6.72. The highest BCUT2D eigenvalue weighted by Crippen LogP contribution is 2.17. The van der Waals surface area contributed by atoms with Crippen LogP contribution in [0.5, 0.6) is 0 Å². The van der Waals surface area contributed by atoms with Crippen molar-refractivity contribution < 1.29 is 21.9 Å². The molecule has 0 saturated heterocycles. The van der Waals surface area contributed by atoms with Gasteiger partial charge in [0.1, 0.15) is 0 Å². The van der Waals surface area contributed by atoms with Crippen molar-refractivity contribution in [1.29, 1.82) is 0 Å². The summed E-state index contributed by atoms with van der Waals surface area (Å²) in [6.45, 7) is 5.47. The number of hydrogen-bond donors (Lipinski definition) is 1. The standard InChI is InChI=1S/C8H15NO.CH4O4S/c1-7(2)9-6-4-5-8(9)10-3;1-5-6(2,3)4/h5,7H,4,6H2,1-3H3;1H3,(H,2,3,4). The zero-order valence-corrected chi connectivity index (χ0v) is 10.8. The van der Waals surface area contributed by atoms with Crippen LogP contribution in [-0.4, -0.2) is 44.7 Å². The Bertz CT molecular complexity index is 323. The van der Waals surface area contributed by atoms with Gasteiger partial charge in [0.2, 0.25) is 0 Å². The summed E-state index contributed by atoms with van der Waals surface area (Å²) in [5.41, 5.74) is 0. The van der Waals surface area contributed by atoms with Gasteiger partial charge in [0.05, 0.1) is 14.2 Å². The Hall–Kier alpha value is -0.790. The third-order valence-electron chi connectivity index (χ3n) is 2.02. The van der Waals surface area contributed by atoms with Crippen molar-refractivity contribution in [3.05, 3.63) is 12.0 Å². The van der Waals surface area contributed by atoms with Crippen molar-refractivity contribution in [2.75, 3.05) is 20.8 Å². The van der Waals surface area contributed by atoms with E-state index in [1.165, 1.54) is 0 Å². The van der Waals surface area contributed by atoms with E-state index in [1.54, 1.807) is 7.11 Å². The van der Waals surface area contributed by atoms with E-state index in [0.29, 0.717) is 6.04 Å². The van der Waals surface area contributed by atoms with Crippen molar-refractivity contribution in [1.82, 2.24) is 4.90 Å². The molecule has 0 radical (unpaired) electrons. The van der Waals surface area contributed by atoms with Gasteiger partial charge in [-0.1, -0.05) is 0 Å². The van der Waals surface area contributed by atoms with Crippen molar-refractivity contribution in [3.8, 4) is 0 Å². The predicted molar refractivity (Wildman–Crippen MR) is 60.1 cm³/mol. The van der Waals surface area contributed by atoms with Crippen LogP contribution < -0.4 is 0 Å². The van der Waals surface area contributed by atoms with Crippen LogP contribution in [0.4, 0.5) is 0 Å². The normalized spacial score (nSPS) is 15.6. The van der Waals surface area contributed by atoms with Crippen LogP contribution in [0.15, 0.2) is 12.0 Å². The molecule has 16 heavy (non-hydrogen) atoms. The molecule has 1 heterocycles. The van der Waals surface area contributed by atoms with Gasteiger partial charge in [-0.3, -0.25) is 8.74 Å². The molecule has 0 unspecified atom stereocenters. The van der Waals surface area contributed by atoms with Gasteiger partial charge in [-0.05, 0) is 26.3 Å². The molecule has 96 valence electrons. The monoisotopic (exact) mass is 253 g/mol. The van der Waals surface area contributed by atoms with Gasteiger partial charge < -0.3 is 9.64 Å². The molecule has 6 nitrogen and oxygen atoms in total. The van der Waals surface area contributed by atoms with E-state index in [4.69, 9.17) is 9.29 Å². The first-order chi connectivity index (χ1) is 7.31. The van der Waals surface area contributed by atoms with Crippen molar-refractivity contribution in [3.63, 3.8) is 0 Å². The third kappa shape index (κ3) is 5.94. The van der Waals surface area contributed by atoms with Crippen molar-refractivity contribution in [2.24, 2.45) is 0 Å². The zero-order valence-electron chi connectivity index (χ0n) is 10.0. The lowest BCUT2D eigenvalue weighted by molar-refractivity contribution is 0.146. The maximum atomic E-state index is 9.33. The van der Waals surface area contributed by atoms with E-state index >= 15 is 0 Å². The van der Waals surface area contributed by atoms with Gasteiger partial charge in [-0.15, -0.1) is 0 Å². The number of ether oxygens (including phenoxy) is 1. The van der Waals surface area contributed by atoms with Gasteiger partial charge in [-0.25, -0.2) is 0 Å². The Balaban J connectivity index is 0.000000325. The Morgan fingerprint density at radius 3 is 2.19 bits per heavy atom. The SMILES string of the molecule is COC1=CCCN1C(C)C.COS(=O)(=O)O. The van der Waals surface area contributed by atoms with E-state index in [9.17, 15) is 8.42 Å². The maximum Gasteiger partial charge on any atom is 0.397 e. The third-order valence-corrected chi connectivity index (χ3v) is 2.44. The minimum atomic E-state index is -4.16. The van der Waals surface area contributed by atoms with E-state index < -0.39 is 10.4 Å². The van der Waals surface area contributed by atoms with Gasteiger partial charge in [0.25, 0.3) is 0 Å². The largest absolute Gasteiger partial charge is 0.483 e. The quantitative estimate of drug-likeness (QED) is 0.757. The van der Waals surface area contributed by atoms with Crippen LogP contribution in [0.1, 0.15) is 20.3 Å². The summed E-state index contributed by atoms with van der Waals surface area (Å²) in [6.07, 6.45) is 3.27. The molecule has 0 atom stereocenters. The molecule has 0 saturated carbocycles. The molecule has 0 bridgehead atoms. The molecule has 1 N–H and O–H groups in total. The lowest BCUT2D eigenvalue weighted by Gasteiger charge is -2.24. The Morgan fingerprint density at radius 2 is 1.94 bits per heavy atom. The van der Waals surface area contributed by atoms with Crippen LogP contribution in [-0.2, 0) is 19.3 Å². The fraction of sp³-hybridized carbons (Fsp3) is 0.778. The van der Waals surface area contributed by atoms with E-state index in [1.807, 2.05) is 0 Å². The summed E-state index contributed by atoms with van der Waals surface area (Å²) in [7, 11) is -1.56. The topological polar surface area (TPSA) is 76.1 Å². The summed E-state index contributed by atoms with van der Waals surface area (Å²) in [6, 6.07) is 0.564. The first-order valence-electron chi connectivity index (χ1n) is 4.85. The first kappa shape index (κ1) is 15.2. The molecular formula is C9H19NO5S. The maximum absolute atomic E-state index is 9.33. The molecule has 0 aromatic heterocycles. The van der Waals surface area contributed by atoms with Crippen LogP contribution in [0.25, 0.3) is 0 Å². The molecule has 0 aromatic rings. The van der Waals surface area contributed by atoms with Crippen molar-refractivity contribution >= 4 is 10.4 Å². The molecule has 0 amide bonds. The summed E-state index contributed by atoms with van der Waals surface area (Å²) >= 11 is 0. The fourth-order valence-electron chi connectivity index (χ4n) is 1.27. The van der Waals surface area contributed by atoms with Crippen LogP contribution in [0.3, 0.4) is 0 Å². The summed E-state index contributed by atoms with van der Waals surface area (Å²) in [5.74, 6) is 1.04. The molecular weight excluding hydrogens is 234 g/mol. The number of hydrogen-bond acceptors (Lipinski definition) is 5.